The molecule has 0 aliphatic carbocycles. The fraction of sp³-hybridized carbons (Fsp3) is 0.200. The molecule has 1 N–H and O–H groups in total. The Hall–Kier alpha value is -1.42. The van der Waals surface area contributed by atoms with E-state index in [9.17, 15) is 9.50 Å². The maximum Gasteiger partial charge on any atom is 0.141 e. The number of benzene rings is 2. The molecule has 1 atom stereocenters. The Morgan fingerprint density at radius 2 is 1.89 bits per heavy atom. The molecule has 0 saturated heterocycles. The van der Waals surface area contributed by atoms with E-state index in [1.54, 1.807) is 30.3 Å². The maximum absolute atomic E-state index is 14.1. The maximum atomic E-state index is 14.1. The topological polar surface area (TPSA) is 29.5 Å². The van der Waals surface area contributed by atoms with Gasteiger partial charge in [0.05, 0.1) is 6.61 Å². The predicted molar refractivity (Wildman–Crippen MR) is 72.7 cm³/mol. The molecule has 4 heteroatoms. The van der Waals surface area contributed by atoms with Gasteiger partial charge in [-0.1, -0.05) is 48.0 Å². The lowest BCUT2D eigenvalue weighted by molar-refractivity contribution is -0.00569. The second-order valence-corrected chi connectivity index (χ2v) is 4.72. The number of aliphatic hydroxyl groups is 1. The van der Waals surface area contributed by atoms with E-state index in [1.165, 1.54) is 19.2 Å². The summed E-state index contributed by atoms with van der Waals surface area (Å²) in [6.07, 6.45) is 0. The van der Waals surface area contributed by atoms with Crippen molar-refractivity contribution in [2.45, 2.75) is 5.60 Å². The van der Waals surface area contributed by atoms with E-state index in [1.807, 2.05) is 6.07 Å². The molecule has 0 saturated carbocycles. The van der Waals surface area contributed by atoms with Crippen LogP contribution in [0.5, 0.6) is 0 Å². The van der Waals surface area contributed by atoms with Crippen molar-refractivity contribution in [1.29, 1.82) is 0 Å². The summed E-state index contributed by atoms with van der Waals surface area (Å²) >= 11 is 5.74. The van der Waals surface area contributed by atoms with Gasteiger partial charge < -0.3 is 9.84 Å². The second-order valence-electron chi connectivity index (χ2n) is 4.28. The molecule has 0 aromatic heterocycles. The molecule has 100 valence electrons. The summed E-state index contributed by atoms with van der Waals surface area (Å²) < 4.78 is 19.1. The summed E-state index contributed by atoms with van der Waals surface area (Å²) in [5.41, 5.74) is -0.826. The molecule has 2 aromatic rings. The number of halogens is 2. The minimum absolute atomic E-state index is 0.0461. The Kier molecular flexibility index (Phi) is 4.20. The van der Waals surface area contributed by atoms with Gasteiger partial charge in [-0.2, -0.15) is 0 Å². The van der Waals surface area contributed by atoms with Gasteiger partial charge in [-0.3, -0.25) is 0 Å². The van der Waals surface area contributed by atoms with Crippen LogP contribution in [0.1, 0.15) is 11.1 Å². The number of methoxy groups -OCH3 is 1. The second kappa shape index (κ2) is 5.70. The van der Waals surface area contributed by atoms with Crippen LogP contribution in [0.3, 0.4) is 0 Å². The highest BCUT2D eigenvalue weighted by molar-refractivity contribution is 6.30. The number of rotatable bonds is 4. The summed E-state index contributed by atoms with van der Waals surface area (Å²) in [6, 6.07) is 13.1. The predicted octanol–water partition coefficient (Wildman–Crippen LogP) is 3.36. The standard InChI is InChI=1S/C15H14ClFO2/c1-19-10-15(18,11-5-3-2-4-6-11)13-8-7-12(16)9-14(13)17/h2-9,18H,10H2,1H3. The number of hydrogen-bond acceptors (Lipinski definition) is 2. The van der Waals surface area contributed by atoms with Gasteiger partial charge in [-0.15, -0.1) is 0 Å². The van der Waals surface area contributed by atoms with Crippen molar-refractivity contribution in [1.82, 2.24) is 0 Å². The average Bonchev–Trinajstić information content (AvgIpc) is 2.39. The molecular formula is C15H14ClFO2. The van der Waals surface area contributed by atoms with E-state index in [4.69, 9.17) is 16.3 Å². The Balaban J connectivity index is 2.56. The molecule has 0 aliphatic heterocycles. The molecule has 0 fully saturated rings. The first kappa shape index (κ1) is 14.0. The third kappa shape index (κ3) is 2.78. The van der Waals surface area contributed by atoms with Crippen molar-refractivity contribution in [2.75, 3.05) is 13.7 Å². The molecule has 2 rings (SSSR count). The first-order valence-corrected chi connectivity index (χ1v) is 6.18. The summed E-state index contributed by atoms with van der Waals surface area (Å²) in [6.45, 7) is -0.0461. The van der Waals surface area contributed by atoms with E-state index in [-0.39, 0.29) is 17.2 Å². The average molecular weight is 281 g/mol. The molecule has 0 bridgehead atoms. The van der Waals surface area contributed by atoms with Crippen molar-refractivity contribution in [3.63, 3.8) is 0 Å². The zero-order valence-electron chi connectivity index (χ0n) is 10.4. The van der Waals surface area contributed by atoms with Crippen LogP contribution in [-0.2, 0) is 10.3 Å². The van der Waals surface area contributed by atoms with Gasteiger partial charge in [-0.25, -0.2) is 4.39 Å². The summed E-state index contributed by atoms with van der Waals surface area (Å²) in [5.74, 6) is -0.559. The lowest BCUT2D eigenvalue weighted by Crippen LogP contribution is -2.33. The van der Waals surface area contributed by atoms with Crippen LogP contribution in [-0.4, -0.2) is 18.8 Å². The summed E-state index contributed by atoms with van der Waals surface area (Å²) in [5, 5.41) is 11.1. The zero-order chi connectivity index (χ0) is 13.9. The highest BCUT2D eigenvalue weighted by Gasteiger charge is 2.34. The van der Waals surface area contributed by atoms with Crippen LogP contribution in [0.25, 0.3) is 0 Å². The van der Waals surface area contributed by atoms with Crippen LogP contribution in [0, 0.1) is 5.82 Å². The zero-order valence-corrected chi connectivity index (χ0v) is 11.2. The normalized spacial score (nSPS) is 14.1. The van der Waals surface area contributed by atoms with Crippen LogP contribution < -0.4 is 0 Å². The quantitative estimate of drug-likeness (QED) is 0.930. The Morgan fingerprint density at radius 1 is 1.21 bits per heavy atom. The largest absolute Gasteiger partial charge is 0.381 e. The van der Waals surface area contributed by atoms with E-state index in [0.29, 0.717) is 5.56 Å². The highest BCUT2D eigenvalue weighted by Crippen LogP contribution is 2.32. The monoisotopic (exact) mass is 280 g/mol. The van der Waals surface area contributed by atoms with Gasteiger partial charge in [0.25, 0.3) is 0 Å². The highest BCUT2D eigenvalue weighted by atomic mass is 35.5. The molecule has 0 aliphatic rings. The molecule has 2 aromatic carbocycles. The molecule has 0 amide bonds. The third-order valence-corrected chi connectivity index (χ3v) is 3.22. The Labute approximate surface area is 116 Å². The minimum Gasteiger partial charge on any atom is -0.381 e. The van der Waals surface area contributed by atoms with E-state index in [2.05, 4.69) is 0 Å². The van der Waals surface area contributed by atoms with E-state index >= 15 is 0 Å². The van der Waals surface area contributed by atoms with Crippen molar-refractivity contribution < 1.29 is 14.2 Å². The lowest BCUT2D eigenvalue weighted by Gasteiger charge is -2.29. The molecule has 2 nitrogen and oxygen atoms in total. The van der Waals surface area contributed by atoms with Crippen LogP contribution in [0.15, 0.2) is 48.5 Å². The van der Waals surface area contributed by atoms with Gasteiger partial charge in [0.1, 0.15) is 11.4 Å². The fourth-order valence-electron chi connectivity index (χ4n) is 2.06. The SMILES string of the molecule is COCC(O)(c1ccccc1)c1ccc(Cl)cc1F. The summed E-state index contributed by atoms with van der Waals surface area (Å²) in [7, 11) is 1.46. The summed E-state index contributed by atoms with van der Waals surface area (Å²) in [4.78, 5) is 0. The van der Waals surface area contributed by atoms with Crippen molar-refractivity contribution in [2.24, 2.45) is 0 Å². The lowest BCUT2D eigenvalue weighted by atomic mass is 9.86. The van der Waals surface area contributed by atoms with Crippen molar-refractivity contribution in [3.8, 4) is 0 Å². The minimum atomic E-state index is -1.54. The first-order chi connectivity index (χ1) is 9.08. The van der Waals surface area contributed by atoms with Crippen molar-refractivity contribution >= 4 is 11.6 Å². The first-order valence-electron chi connectivity index (χ1n) is 5.80. The van der Waals surface area contributed by atoms with Crippen molar-refractivity contribution in [3.05, 3.63) is 70.5 Å². The Bertz CT molecular complexity index is 559. The molecule has 19 heavy (non-hydrogen) atoms. The van der Waals surface area contributed by atoms with Crippen LogP contribution >= 0.6 is 11.6 Å². The third-order valence-electron chi connectivity index (χ3n) is 2.98. The van der Waals surface area contributed by atoms with Gasteiger partial charge in [0.15, 0.2) is 0 Å². The van der Waals surface area contributed by atoms with Gasteiger partial charge in [-0.05, 0) is 17.7 Å². The smallest absolute Gasteiger partial charge is 0.141 e. The van der Waals surface area contributed by atoms with Crippen LogP contribution in [0.4, 0.5) is 4.39 Å². The van der Waals surface area contributed by atoms with Gasteiger partial charge in [0.2, 0.25) is 0 Å². The van der Waals surface area contributed by atoms with Gasteiger partial charge in [0, 0.05) is 17.7 Å². The van der Waals surface area contributed by atoms with Crippen LogP contribution in [0.2, 0.25) is 5.02 Å². The molecular weight excluding hydrogens is 267 g/mol. The number of ether oxygens (including phenoxy) is 1. The fourth-order valence-corrected chi connectivity index (χ4v) is 2.22. The molecule has 0 radical (unpaired) electrons. The molecule has 0 heterocycles. The van der Waals surface area contributed by atoms with Gasteiger partial charge >= 0.3 is 0 Å². The van der Waals surface area contributed by atoms with E-state index in [0.717, 1.165) is 0 Å². The Morgan fingerprint density at radius 3 is 2.47 bits per heavy atom. The van der Waals surface area contributed by atoms with E-state index < -0.39 is 11.4 Å². The molecule has 1 unspecified atom stereocenters. The number of hydrogen-bond donors (Lipinski definition) is 1. The molecule has 0 spiro atoms.